The van der Waals surface area contributed by atoms with E-state index in [2.05, 4.69) is 0 Å². The van der Waals surface area contributed by atoms with Gasteiger partial charge in [-0.25, -0.2) is 5.06 Å². The van der Waals surface area contributed by atoms with E-state index in [-0.39, 0.29) is 5.96 Å². The number of hydrogen-bond acceptors (Lipinski definition) is 4. The summed E-state index contributed by atoms with van der Waals surface area (Å²) in [6.45, 7) is 1.45. The molecule has 0 unspecified atom stereocenters. The minimum absolute atomic E-state index is 0.00231. The van der Waals surface area contributed by atoms with Crippen molar-refractivity contribution in [2.45, 2.75) is 6.42 Å². The topological polar surface area (TPSA) is 137 Å². The lowest BCUT2D eigenvalue weighted by Gasteiger charge is -2.11. The van der Waals surface area contributed by atoms with Crippen LogP contribution in [0.25, 0.3) is 0 Å². The molecule has 0 saturated carbocycles. The summed E-state index contributed by atoms with van der Waals surface area (Å²) in [6.07, 6.45) is 0.972. The number of guanidine groups is 1. The van der Waals surface area contributed by atoms with E-state index < -0.39 is 10.4 Å². The first-order chi connectivity index (χ1) is 5.80. The van der Waals surface area contributed by atoms with Gasteiger partial charge in [0.15, 0.2) is 0 Å². The predicted octanol–water partition coefficient (Wildman–Crippen LogP) is -1.14. The van der Waals surface area contributed by atoms with Gasteiger partial charge in [0.25, 0.3) is 0 Å². The van der Waals surface area contributed by atoms with E-state index in [9.17, 15) is 0 Å². The van der Waals surface area contributed by atoms with E-state index in [1.165, 1.54) is 5.06 Å². The van der Waals surface area contributed by atoms with Gasteiger partial charge >= 0.3 is 10.4 Å². The van der Waals surface area contributed by atoms with Gasteiger partial charge in [0, 0.05) is 0 Å². The van der Waals surface area contributed by atoms with Gasteiger partial charge in [-0.3, -0.25) is 19.4 Å². The van der Waals surface area contributed by atoms with Crippen LogP contribution in [0.1, 0.15) is 6.42 Å². The molecule has 0 aliphatic carbocycles. The molecule has 0 aromatic heterocycles. The lowest BCUT2D eigenvalue weighted by molar-refractivity contribution is -0.0458. The van der Waals surface area contributed by atoms with Crippen molar-refractivity contribution in [1.82, 2.24) is 5.06 Å². The molecule has 1 heterocycles. The number of hydroxylamine groups is 2. The van der Waals surface area contributed by atoms with Gasteiger partial charge < -0.3 is 5.73 Å². The van der Waals surface area contributed by atoms with Crippen molar-refractivity contribution < 1.29 is 22.4 Å². The third-order valence-electron chi connectivity index (χ3n) is 1.02. The van der Waals surface area contributed by atoms with Crippen LogP contribution in [0, 0.1) is 5.41 Å². The third kappa shape index (κ3) is 9.01. The van der Waals surface area contributed by atoms with Crippen LogP contribution >= 0.6 is 0 Å². The lowest BCUT2D eigenvalue weighted by Crippen LogP contribution is -2.32. The van der Waals surface area contributed by atoms with E-state index in [4.69, 9.17) is 33.5 Å². The summed E-state index contributed by atoms with van der Waals surface area (Å²) < 4.78 is 31.6. The molecule has 9 heteroatoms. The van der Waals surface area contributed by atoms with Crippen molar-refractivity contribution in [2.24, 2.45) is 5.73 Å². The first-order valence-electron chi connectivity index (χ1n) is 3.25. The highest BCUT2D eigenvalue weighted by atomic mass is 32.3. The van der Waals surface area contributed by atoms with Gasteiger partial charge in [-0.2, -0.15) is 8.42 Å². The summed E-state index contributed by atoms with van der Waals surface area (Å²) in [5.74, 6) is 0.00231. The van der Waals surface area contributed by atoms with E-state index in [0.29, 0.717) is 6.61 Å². The van der Waals surface area contributed by atoms with E-state index in [0.717, 1.165) is 13.0 Å². The van der Waals surface area contributed by atoms with Crippen molar-refractivity contribution >= 4 is 16.4 Å². The van der Waals surface area contributed by atoms with Crippen LogP contribution in [0.4, 0.5) is 0 Å². The highest BCUT2D eigenvalue weighted by Crippen LogP contribution is 2.00. The zero-order valence-electron chi connectivity index (χ0n) is 6.67. The van der Waals surface area contributed by atoms with E-state index in [1.54, 1.807) is 0 Å². The van der Waals surface area contributed by atoms with Crippen LogP contribution in [0.3, 0.4) is 0 Å². The molecule has 13 heavy (non-hydrogen) atoms. The van der Waals surface area contributed by atoms with Gasteiger partial charge in [-0.15, -0.1) is 0 Å². The molecular weight excluding hydrogens is 202 g/mol. The van der Waals surface area contributed by atoms with E-state index in [1.807, 2.05) is 0 Å². The maximum Gasteiger partial charge on any atom is 0.394 e. The Kier molecular flexibility index (Phi) is 4.62. The Morgan fingerprint density at radius 3 is 2.15 bits per heavy atom. The molecule has 0 atom stereocenters. The average Bonchev–Trinajstić information content (AvgIpc) is 2.31. The monoisotopic (exact) mass is 213 g/mol. The summed E-state index contributed by atoms with van der Waals surface area (Å²) in [7, 11) is -4.67. The second-order valence-corrected chi connectivity index (χ2v) is 3.02. The van der Waals surface area contributed by atoms with Crippen LogP contribution < -0.4 is 5.73 Å². The Labute approximate surface area is 75.3 Å². The normalized spacial score (nSPS) is 16.3. The highest BCUT2D eigenvalue weighted by molar-refractivity contribution is 7.79. The SMILES string of the molecule is N=C(N)N1CCCO1.O=S(=O)(O)O. The molecule has 1 aliphatic heterocycles. The zero-order valence-corrected chi connectivity index (χ0v) is 7.49. The Bertz CT molecular complexity index is 249. The predicted molar refractivity (Wildman–Crippen MR) is 43.4 cm³/mol. The van der Waals surface area contributed by atoms with Gasteiger partial charge in [-0.1, -0.05) is 0 Å². The maximum absolute atomic E-state index is 8.74. The molecule has 0 aromatic carbocycles. The Hall–Kier alpha value is -0.900. The minimum Gasteiger partial charge on any atom is -0.368 e. The third-order valence-corrected chi connectivity index (χ3v) is 1.02. The molecule has 5 N–H and O–H groups in total. The van der Waals surface area contributed by atoms with E-state index >= 15 is 0 Å². The first-order valence-corrected chi connectivity index (χ1v) is 4.65. The Morgan fingerprint density at radius 1 is 1.54 bits per heavy atom. The minimum atomic E-state index is -4.67. The highest BCUT2D eigenvalue weighted by Gasteiger charge is 2.12. The number of hydrogen-bond donors (Lipinski definition) is 4. The molecule has 0 spiro atoms. The second kappa shape index (κ2) is 4.97. The first kappa shape index (κ1) is 12.1. The summed E-state index contributed by atoms with van der Waals surface area (Å²) in [4.78, 5) is 4.90. The molecule has 1 rings (SSSR count). The van der Waals surface area contributed by atoms with Crippen molar-refractivity contribution in [3.8, 4) is 0 Å². The number of nitrogens with zero attached hydrogens (tertiary/aromatic N) is 1. The summed E-state index contributed by atoms with van der Waals surface area (Å²) >= 11 is 0. The van der Waals surface area contributed by atoms with Crippen molar-refractivity contribution in [3.05, 3.63) is 0 Å². The van der Waals surface area contributed by atoms with Crippen molar-refractivity contribution in [1.29, 1.82) is 5.41 Å². The Morgan fingerprint density at radius 2 is 2.00 bits per heavy atom. The lowest BCUT2D eigenvalue weighted by atomic mass is 10.5. The van der Waals surface area contributed by atoms with Crippen molar-refractivity contribution in [3.63, 3.8) is 0 Å². The van der Waals surface area contributed by atoms with Gasteiger partial charge in [0.2, 0.25) is 5.96 Å². The van der Waals surface area contributed by atoms with Crippen LogP contribution in [-0.2, 0) is 15.2 Å². The fourth-order valence-electron chi connectivity index (χ4n) is 0.637. The Balaban J connectivity index is 0.000000252. The molecule has 1 saturated heterocycles. The van der Waals surface area contributed by atoms with Crippen LogP contribution in [0.2, 0.25) is 0 Å². The summed E-state index contributed by atoms with van der Waals surface area (Å²) in [5.41, 5.74) is 5.08. The smallest absolute Gasteiger partial charge is 0.368 e. The molecule has 1 aliphatic rings. The average molecular weight is 213 g/mol. The maximum atomic E-state index is 8.74. The molecule has 0 aromatic rings. The second-order valence-electron chi connectivity index (χ2n) is 2.12. The fraction of sp³-hybridized carbons (Fsp3) is 0.750. The largest absolute Gasteiger partial charge is 0.394 e. The summed E-state index contributed by atoms with van der Waals surface area (Å²) in [6, 6.07) is 0. The number of nitrogens with two attached hydrogens (primary N) is 1. The molecule has 1 fully saturated rings. The van der Waals surface area contributed by atoms with Crippen LogP contribution in [-0.4, -0.2) is 41.7 Å². The number of nitrogens with one attached hydrogen (secondary N) is 1. The molecule has 8 nitrogen and oxygen atoms in total. The van der Waals surface area contributed by atoms with Crippen LogP contribution in [0.5, 0.6) is 0 Å². The molecule has 78 valence electrons. The molecule has 0 amide bonds. The molecule has 0 radical (unpaired) electrons. The number of rotatable bonds is 0. The van der Waals surface area contributed by atoms with Crippen molar-refractivity contribution in [2.75, 3.05) is 13.2 Å². The van der Waals surface area contributed by atoms with Crippen LogP contribution in [0.15, 0.2) is 0 Å². The van der Waals surface area contributed by atoms with Gasteiger partial charge in [0.05, 0.1) is 13.2 Å². The summed E-state index contributed by atoms with van der Waals surface area (Å²) in [5, 5.41) is 8.26. The standard InChI is InChI=1S/C4H9N3O.H2O4S/c5-4(6)7-2-1-3-8-7;1-5(2,3)4/h1-3H2,(H3,5,6);(H2,1,2,3,4). The van der Waals surface area contributed by atoms with Gasteiger partial charge in [-0.05, 0) is 6.42 Å². The zero-order chi connectivity index (χ0) is 10.5. The quantitative estimate of drug-likeness (QED) is 0.227. The van der Waals surface area contributed by atoms with Gasteiger partial charge in [0.1, 0.15) is 0 Å². The molecular formula is C4H11N3O5S. The fourth-order valence-corrected chi connectivity index (χ4v) is 0.637. The molecule has 0 bridgehead atoms.